The maximum Gasteiger partial charge on any atom is 0.341 e. The number of hydrogen-bond acceptors (Lipinski definition) is 3. The molecule has 114 valence electrons. The summed E-state index contributed by atoms with van der Waals surface area (Å²) in [7, 11) is 0. The van der Waals surface area contributed by atoms with Gasteiger partial charge in [0.25, 0.3) is 5.56 Å². The highest BCUT2D eigenvalue weighted by Gasteiger charge is 2.18. The van der Waals surface area contributed by atoms with Crippen LogP contribution in [0, 0.1) is 30.6 Å². The molecular weight excluding hydrogens is 268 g/mol. The third kappa shape index (κ3) is 4.19. The maximum atomic E-state index is 12.2. The lowest BCUT2D eigenvalue weighted by Gasteiger charge is -2.16. The minimum absolute atomic E-state index is 0.155. The fraction of sp³-hybridized carbons (Fsp3) is 0.562. The van der Waals surface area contributed by atoms with Crippen LogP contribution in [0.3, 0.4) is 0 Å². The number of nitrogens with zero attached hydrogens (tertiary/aromatic N) is 2. The van der Waals surface area contributed by atoms with E-state index in [0.717, 1.165) is 25.0 Å². The molecule has 0 aliphatic carbocycles. The Bertz CT molecular complexity index is 636. The SMILES string of the molecule is Cc1cc(C)n(CCCCC(C)(C)C#N)c(=O)c1C(=O)O. The van der Waals surface area contributed by atoms with Crippen molar-refractivity contribution in [2.75, 3.05) is 0 Å². The number of aromatic nitrogens is 1. The topological polar surface area (TPSA) is 83.1 Å². The van der Waals surface area contributed by atoms with Crippen LogP contribution in [0.15, 0.2) is 10.9 Å². The summed E-state index contributed by atoms with van der Waals surface area (Å²) in [6.45, 7) is 7.70. The van der Waals surface area contributed by atoms with Gasteiger partial charge in [0.2, 0.25) is 0 Å². The molecule has 0 aliphatic rings. The molecule has 0 atom stereocenters. The van der Waals surface area contributed by atoms with Crippen molar-refractivity contribution < 1.29 is 9.90 Å². The summed E-state index contributed by atoms with van der Waals surface area (Å²) in [4.78, 5) is 23.4. The fourth-order valence-electron chi connectivity index (χ4n) is 2.36. The van der Waals surface area contributed by atoms with Gasteiger partial charge < -0.3 is 9.67 Å². The molecule has 5 heteroatoms. The van der Waals surface area contributed by atoms with E-state index in [9.17, 15) is 9.59 Å². The molecule has 0 unspecified atom stereocenters. The van der Waals surface area contributed by atoms with E-state index >= 15 is 0 Å². The van der Waals surface area contributed by atoms with E-state index in [0.29, 0.717) is 12.1 Å². The van der Waals surface area contributed by atoms with Gasteiger partial charge in [-0.3, -0.25) is 4.79 Å². The molecule has 21 heavy (non-hydrogen) atoms. The van der Waals surface area contributed by atoms with Crippen molar-refractivity contribution >= 4 is 5.97 Å². The number of rotatable bonds is 6. The van der Waals surface area contributed by atoms with Crippen molar-refractivity contribution in [3.8, 4) is 6.07 Å². The van der Waals surface area contributed by atoms with E-state index in [1.807, 2.05) is 13.8 Å². The number of nitriles is 1. The van der Waals surface area contributed by atoms with Crippen LogP contribution >= 0.6 is 0 Å². The highest BCUT2D eigenvalue weighted by atomic mass is 16.4. The average molecular weight is 290 g/mol. The molecule has 0 bridgehead atoms. The van der Waals surface area contributed by atoms with Crippen LogP contribution in [-0.2, 0) is 6.54 Å². The van der Waals surface area contributed by atoms with Crippen LogP contribution in [0.1, 0.15) is 54.7 Å². The Labute approximate surface area is 124 Å². The molecule has 0 spiro atoms. The van der Waals surface area contributed by atoms with Crippen molar-refractivity contribution in [3.63, 3.8) is 0 Å². The van der Waals surface area contributed by atoms with E-state index in [1.54, 1.807) is 19.9 Å². The molecule has 0 amide bonds. The first-order valence-corrected chi connectivity index (χ1v) is 7.05. The van der Waals surface area contributed by atoms with E-state index in [-0.39, 0.29) is 11.0 Å². The summed E-state index contributed by atoms with van der Waals surface area (Å²) in [6, 6.07) is 3.97. The number of pyridine rings is 1. The molecule has 0 aliphatic heterocycles. The van der Waals surface area contributed by atoms with Gasteiger partial charge in [-0.2, -0.15) is 5.26 Å². The molecule has 1 heterocycles. The van der Waals surface area contributed by atoms with Gasteiger partial charge in [-0.15, -0.1) is 0 Å². The molecule has 0 saturated carbocycles. The lowest BCUT2D eigenvalue weighted by Crippen LogP contribution is -2.29. The smallest absolute Gasteiger partial charge is 0.341 e. The van der Waals surface area contributed by atoms with Gasteiger partial charge >= 0.3 is 5.97 Å². The summed E-state index contributed by atoms with van der Waals surface area (Å²) in [6.07, 6.45) is 2.33. The van der Waals surface area contributed by atoms with Crippen molar-refractivity contribution in [3.05, 3.63) is 33.2 Å². The Hall–Kier alpha value is -2.09. The first-order chi connectivity index (χ1) is 9.69. The van der Waals surface area contributed by atoms with Crippen molar-refractivity contribution in [1.82, 2.24) is 4.57 Å². The number of aryl methyl sites for hydroxylation is 2. The highest BCUT2D eigenvalue weighted by Crippen LogP contribution is 2.21. The highest BCUT2D eigenvalue weighted by molar-refractivity contribution is 5.88. The average Bonchev–Trinajstić information content (AvgIpc) is 2.36. The van der Waals surface area contributed by atoms with Gasteiger partial charge in [-0.1, -0.05) is 6.42 Å². The summed E-state index contributed by atoms with van der Waals surface area (Å²) in [5.41, 5.74) is 0.297. The molecule has 0 aromatic carbocycles. The van der Waals surface area contributed by atoms with Gasteiger partial charge in [-0.25, -0.2) is 4.79 Å². The zero-order chi connectivity index (χ0) is 16.2. The number of hydrogen-bond donors (Lipinski definition) is 1. The van der Waals surface area contributed by atoms with Gasteiger partial charge in [0.1, 0.15) is 5.56 Å². The van der Waals surface area contributed by atoms with Crippen molar-refractivity contribution in [2.24, 2.45) is 5.41 Å². The molecule has 0 saturated heterocycles. The van der Waals surface area contributed by atoms with E-state index in [2.05, 4.69) is 6.07 Å². The fourth-order valence-corrected chi connectivity index (χ4v) is 2.36. The largest absolute Gasteiger partial charge is 0.477 e. The summed E-state index contributed by atoms with van der Waals surface area (Å²) < 4.78 is 1.51. The monoisotopic (exact) mass is 290 g/mol. The standard InChI is InChI=1S/C16H22N2O3/c1-11-9-12(2)18(14(19)13(11)15(20)21)8-6-5-7-16(3,4)10-17/h9H,5-8H2,1-4H3,(H,20,21). The second kappa shape index (κ2) is 6.57. The first kappa shape index (κ1) is 17.0. The van der Waals surface area contributed by atoms with Crippen LogP contribution in [0.2, 0.25) is 0 Å². The van der Waals surface area contributed by atoms with E-state index in [4.69, 9.17) is 10.4 Å². The Balaban J connectivity index is 2.86. The van der Waals surface area contributed by atoms with Crippen LogP contribution in [0.4, 0.5) is 0 Å². The van der Waals surface area contributed by atoms with Crippen LogP contribution in [0.5, 0.6) is 0 Å². The molecule has 5 nitrogen and oxygen atoms in total. The predicted octanol–water partition coefficient (Wildman–Crippen LogP) is 2.88. The molecule has 1 N–H and O–H groups in total. The third-order valence-corrected chi connectivity index (χ3v) is 3.65. The van der Waals surface area contributed by atoms with Crippen LogP contribution in [0.25, 0.3) is 0 Å². The Morgan fingerprint density at radius 2 is 2.00 bits per heavy atom. The first-order valence-electron chi connectivity index (χ1n) is 7.05. The van der Waals surface area contributed by atoms with Crippen molar-refractivity contribution in [2.45, 2.75) is 53.5 Å². The van der Waals surface area contributed by atoms with Gasteiger partial charge in [0, 0.05) is 12.2 Å². The molecular formula is C16H22N2O3. The Morgan fingerprint density at radius 3 is 2.52 bits per heavy atom. The normalized spacial score (nSPS) is 11.2. The van der Waals surface area contributed by atoms with Gasteiger partial charge in [0.05, 0.1) is 11.5 Å². The van der Waals surface area contributed by atoms with Gasteiger partial charge in [-0.05, 0) is 52.2 Å². The second-order valence-corrected chi connectivity index (χ2v) is 6.06. The lowest BCUT2D eigenvalue weighted by atomic mass is 9.89. The minimum Gasteiger partial charge on any atom is -0.477 e. The zero-order valence-electron chi connectivity index (χ0n) is 13.1. The van der Waals surface area contributed by atoms with Crippen LogP contribution < -0.4 is 5.56 Å². The van der Waals surface area contributed by atoms with Crippen LogP contribution in [-0.4, -0.2) is 15.6 Å². The molecule has 1 aromatic heterocycles. The zero-order valence-corrected chi connectivity index (χ0v) is 13.1. The summed E-state index contributed by atoms with van der Waals surface area (Å²) >= 11 is 0. The molecule has 1 rings (SSSR count). The van der Waals surface area contributed by atoms with E-state index in [1.165, 1.54) is 4.57 Å². The van der Waals surface area contributed by atoms with Gasteiger partial charge in [0.15, 0.2) is 0 Å². The predicted molar refractivity (Wildman–Crippen MR) is 80.4 cm³/mol. The summed E-state index contributed by atoms with van der Waals surface area (Å²) in [5, 5.41) is 18.1. The van der Waals surface area contributed by atoms with Crippen molar-refractivity contribution in [1.29, 1.82) is 5.26 Å². The number of carbonyl (C=O) groups is 1. The lowest BCUT2D eigenvalue weighted by molar-refractivity contribution is 0.0693. The summed E-state index contributed by atoms with van der Waals surface area (Å²) in [5.74, 6) is -1.18. The number of aromatic carboxylic acids is 1. The quantitative estimate of drug-likeness (QED) is 0.816. The molecule has 0 radical (unpaired) electrons. The number of carboxylic acids is 1. The number of carboxylic acid groups (broad SMARTS) is 1. The molecule has 1 aromatic rings. The molecule has 0 fully saturated rings. The minimum atomic E-state index is -1.18. The Kier molecular flexibility index (Phi) is 5.31. The number of unbranched alkanes of at least 4 members (excludes halogenated alkanes) is 1. The third-order valence-electron chi connectivity index (χ3n) is 3.65. The second-order valence-electron chi connectivity index (χ2n) is 6.06. The van der Waals surface area contributed by atoms with E-state index < -0.39 is 11.5 Å². The maximum absolute atomic E-state index is 12.2. The Morgan fingerprint density at radius 1 is 1.38 bits per heavy atom.